The molecule has 2 N–H and O–H groups in total. The van der Waals surface area contributed by atoms with Crippen LogP contribution in [0.3, 0.4) is 0 Å². The maximum absolute atomic E-state index is 11.3. The first-order chi connectivity index (χ1) is 10.0. The highest BCUT2D eigenvalue weighted by Gasteiger charge is 2.11. The highest BCUT2D eigenvalue weighted by Crippen LogP contribution is 2.22. The minimum absolute atomic E-state index is 0.0776. The number of fused-ring (bicyclic) bond motifs is 1. The number of hydrogen-bond donors (Lipinski definition) is 1. The van der Waals surface area contributed by atoms with Gasteiger partial charge in [0.2, 0.25) is 0 Å². The Bertz CT molecular complexity index is 634. The zero-order valence-electron chi connectivity index (χ0n) is 12.9. The minimum Gasteiger partial charge on any atom is -0.466 e. The van der Waals surface area contributed by atoms with Gasteiger partial charge in [0.25, 0.3) is 0 Å². The zero-order chi connectivity index (χ0) is 15.4. The van der Waals surface area contributed by atoms with Crippen molar-refractivity contribution in [3.8, 4) is 0 Å². The summed E-state index contributed by atoms with van der Waals surface area (Å²) in [7, 11) is 2.00. The second kappa shape index (κ2) is 6.72. The molecule has 114 valence electrons. The number of esters is 1. The number of aryl methyl sites for hydroxylation is 2. The molecule has 1 unspecified atom stereocenters. The lowest BCUT2D eigenvalue weighted by Crippen LogP contribution is -2.11. The largest absolute Gasteiger partial charge is 0.466 e. The minimum atomic E-state index is -0.152. The van der Waals surface area contributed by atoms with Gasteiger partial charge in [-0.3, -0.25) is 4.79 Å². The smallest absolute Gasteiger partial charge is 0.305 e. The van der Waals surface area contributed by atoms with E-state index in [1.807, 2.05) is 33.0 Å². The van der Waals surface area contributed by atoms with E-state index in [4.69, 9.17) is 10.5 Å². The van der Waals surface area contributed by atoms with Gasteiger partial charge in [-0.1, -0.05) is 6.07 Å². The van der Waals surface area contributed by atoms with Gasteiger partial charge in [0.1, 0.15) is 5.82 Å². The average molecular weight is 289 g/mol. The molecule has 5 nitrogen and oxygen atoms in total. The summed E-state index contributed by atoms with van der Waals surface area (Å²) in [5.41, 5.74) is 9.34. The summed E-state index contributed by atoms with van der Waals surface area (Å²) in [6.07, 6.45) is 1.92. The summed E-state index contributed by atoms with van der Waals surface area (Å²) in [6, 6.07) is 6.05. The first-order valence-electron chi connectivity index (χ1n) is 7.37. The molecule has 1 atom stereocenters. The number of rotatable bonds is 6. The molecular formula is C16H23N3O2. The number of aromatic nitrogens is 2. The van der Waals surface area contributed by atoms with Gasteiger partial charge in [-0.25, -0.2) is 4.98 Å². The van der Waals surface area contributed by atoms with E-state index >= 15 is 0 Å². The molecule has 0 aliphatic rings. The third-order valence-electron chi connectivity index (χ3n) is 3.76. The Hall–Kier alpha value is -1.88. The maximum atomic E-state index is 11.3. The predicted octanol–water partition coefficient (Wildman–Crippen LogP) is 2.61. The number of carbonyl (C=O) groups is 1. The van der Waals surface area contributed by atoms with E-state index in [9.17, 15) is 4.79 Å². The Balaban J connectivity index is 1.99. The molecule has 0 saturated heterocycles. The Morgan fingerprint density at radius 3 is 2.95 bits per heavy atom. The predicted molar refractivity (Wildman–Crippen MR) is 82.9 cm³/mol. The lowest BCUT2D eigenvalue weighted by Gasteiger charge is -2.11. The van der Waals surface area contributed by atoms with Crippen molar-refractivity contribution in [2.45, 2.75) is 39.2 Å². The van der Waals surface area contributed by atoms with Gasteiger partial charge in [-0.2, -0.15) is 0 Å². The number of nitrogens with zero attached hydrogens (tertiary/aromatic N) is 2. The molecule has 0 bridgehead atoms. The third kappa shape index (κ3) is 3.61. The molecule has 0 fully saturated rings. The Kier molecular flexibility index (Phi) is 4.96. The molecule has 1 aromatic heterocycles. The van der Waals surface area contributed by atoms with Crippen LogP contribution in [0, 0.1) is 6.92 Å². The highest BCUT2D eigenvalue weighted by molar-refractivity contribution is 5.77. The lowest BCUT2D eigenvalue weighted by atomic mass is 10.0. The number of benzene rings is 1. The fourth-order valence-electron chi connectivity index (χ4n) is 2.43. The summed E-state index contributed by atoms with van der Waals surface area (Å²) in [5.74, 6) is 0.832. The van der Waals surface area contributed by atoms with E-state index in [0.717, 1.165) is 35.3 Å². The normalized spacial score (nSPS) is 12.6. The molecule has 0 aliphatic heterocycles. The van der Waals surface area contributed by atoms with Crippen LogP contribution < -0.4 is 5.73 Å². The maximum Gasteiger partial charge on any atom is 0.305 e. The average Bonchev–Trinajstić information content (AvgIpc) is 2.74. The van der Waals surface area contributed by atoms with Crippen LogP contribution in [0.5, 0.6) is 0 Å². The second-order valence-corrected chi connectivity index (χ2v) is 5.27. The van der Waals surface area contributed by atoms with E-state index in [0.29, 0.717) is 13.0 Å². The molecule has 0 aliphatic carbocycles. The van der Waals surface area contributed by atoms with Crippen molar-refractivity contribution in [1.82, 2.24) is 9.55 Å². The quantitative estimate of drug-likeness (QED) is 0.830. The van der Waals surface area contributed by atoms with Crippen LogP contribution in [-0.4, -0.2) is 22.1 Å². The van der Waals surface area contributed by atoms with E-state index in [1.54, 1.807) is 0 Å². The molecular weight excluding hydrogens is 266 g/mol. The second-order valence-electron chi connectivity index (χ2n) is 5.27. The third-order valence-corrected chi connectivity index (χ3v) is 3.76. The molecule has 1 heterocycles. The Morgan fingerprint density at radius 1 is 1.48 bits per heavy atom. The van der Waals surface area contributed by atoms with Gasteiger partial charge in [-0.05, 0) is 44.4 Å². The molecule has 2 aromatic rings. The molecule has 0 radical (unpaired) electrons. The molecule has 2 rings (SSSR count). The Morgan fingerprint density at radius 2 is 2.24 bits per heavy atom. The van der Waals surface area contributed by atoms with Crippen LogP contribution >= 0.6 is 0 Å². The molecule has 1 aromatic carbocycles. The number of carbonyl (C=O) groups excluding carboxylic acids is 1. The molecule has 0 saturated carbocycles. The van der Waals surface area contributed by atoms with Crippen LogP contribution in [0.15, 0.2) is 18.2 Å². The summed E-state index contributed by atoms with van der Waals surface area (Å²) in [6.45, 7) is 4.23. The van der Waals surface area contributed by atoms with Crippen LogP contribution in [0.1, 0.15) is 43.6 Å². The summed E-state index contributed by atoms with van der Waals surface area (Å²) in [4.78, 5) is 15.8. The fourth-order valence-corrected chi connectivity index (χ4v) is 2.43. The van der Waals surface area contributed by atoms with E-state index in [2.05, 4.69) is 15.6 Å². The van der Waals surface area contributed by atoms with Crippen LogP contribution in [0.25, 0.3) is 11.0 Å². The van der Waals surface area contributed by atoms with Crippen molar-refractivity contribution in [2.75, 3.05) is 6.61 Å². The number of nitrogens with two attached hydrogens (primary N) is 1. The highest BCUT2D eigenvalue weighted by atomic mass is 16.5. The van der Waals surface area contributed by atoms with Gasteiger partial charge < -0.3 is 15.0 Å². The van der Waals surface area contributed by atoms with Crippen molar-refractivity contribution in [2.24, 2.45) is 12.8 Å². The van der Waals surface area contributed by atoms with E-state index in [-0.39, 0.29) is 12.0 Å². The monoisotopic (exact) mass is 289 g/mol. The van der Waals surface area contributed by atoms with E-state index in [1.165, 1.54) is 0 Å². The van der Waals surface area contributed by atoms with Crippen molar-refractivity contribution in [3.63, 3.8) is 0 Å². The topological polar surface area (TPSA) is 70.1 Å². The first kappa shape index (κ1) is 15.5. The number of ether oxygens (including phenoxy) is 1. The van der Waals surface area contributed by atoms with Gasteiger partial charge in [0.05, 0.1) is 17.6 Å². The van der Waals surface area contributed by atoms with Gasteiger partial charge >= 0.3 is 5.97 Å². The van der Waals surface area contributed by atoms with E-state index < -0.39 is 0 Å². The van der Waals surface area contributed by atoms with Crippen LogP contribution in [0.4, 0.5) is 0 Å². The number of hydrogen-bond acceptors (Lipinski definition) is 4. The van der Waals surface area contributed by atoms with Crippen LogP contribution in [0.2, 0.25) is 0 Å². The number of imidazole rings is 1. The van der Waals surface area contributed by atoms with Gasteiger partial charge in [0.15, 0.2) is 0 Å². The van der Waals surface area contributed by atoms with Crippen LogP contribution in [-0.2, 0) is 16.6 Å². The standard InChI is InChI=1S/C16H23N3O2/c1-4-21-16(20)7-5-6-13(17)12-8-9-15-14(10-12)18-11(2)19(15)3/h8-10,13H,4-7,17H2,1-3H3. The molecule has 5 heteroatoms. The zero-order valence-corrected chi connectivity index (χ0v) is 12.9. The first-order valence-corrected chi connectivity index (χ1v) is 7.37. The summed E-state index contributed by atoms with van der Waals surface area (Å²) < 4.78 is 6.97. The summed E-state index contributed by atoms with van der Waals surface area (Å²) in [5, 5.41) is 0. The Labute approximate surface area is 125 Å². The molecule has 21 heavy (non-hydrogen) atoms. The van der Waals surface area contributed by atoms with Gasteiger partial charge in [-0.15, -0.1) is 0 Å². The van der Waals surface area contributed by atoms with Gasteiger partial charge in [0, 0.05) is 19.5 Å². The van der Waals surface area contributed by atoms with Crippen molar-refractivity contribution in [1.29, 1.82) is 0 Å². The fraction of sp³-hybridized carbons (Fsp3) is 0.500. The van der Waals surface area contributed by atoms with Crippen molar-refractivity contribution in [3.05, 3.63) is 29.6 Å². The molecule has 0 amide bonds. The molecule has 0 spiro atoms. The lowest BCUT2D eigenvalue weighted by molar-refractivity contribution is -0.143. The SMILES string of the molecule is CCOC(=O)CCCC(N)c1ccc2c(c1)nc(C)n2C. The van der Waals surface area contributed by atoms with Crippen molar-refractivity contribution >= 4 is 17.0 Å². The summed E-state index contributed by atoms with van der Waals surface area (Å²) >= 11 is 0. The van der Waals surface area contributed by atoms with Crippen molar-refractivity contribution < 1.29 is 9.53 Å².